The molecule has 0 aliphatic carbocycles. The summed E-state index contributed by atoms with van der Waals surface area (Å²) in [4.78, 5) is 71.3. The molecular weight excluding hydrogens is 865 g/mol. The first-order chi connectivity index (χ1) is 30.4. The minimum Gasteiger partial charge on any atom is -0.507 e. The number of likely N-dealkylation sites (N-methyl/N-ethyl adjacent to an activating group) is 1. The molecular formula is C46H50N4O12S2. The lowest BCUT2D eigenvalue weighted by Gasteiger charge is -2.37. The Morgan fingerprint density at radius 3 is 1.81 bits per heavy atom. The van der Waals surface area contributed by atoms with E-state index < -0.39 is 17.5 Å². The topological polar surface area (TPSA) is 231 Å². The Balaban J connectivity index is 0.000000209. The Labute approximate surface area is 378 Å². The van der Waals surface area contributed by atoms with Crippen molar-refractivity contribution >= 4 is 63.6 Å². The lowest BCUT2D eigenvalue weighted by atomic mass is 9.87. The van der Waals surface area contributed by atoms with Gasteiger partial charge in [-0.15, -0.1) is 0 Å². The number of aromatic nitrogens is 1. The number of hydrogen-bond donors (Lipinski definition) is 5. The van der Waals surface area contributed by atoms with Crippen molar-refractivity contribution in [1.82, 2.24) is 15.6 Å². The molecule has 3 aliphatic rings. The van der Waals surface area contributed by atoms with Gasteiger partial charge in [-0.2, -0.15) is 0 Å². The smallest absolute Gasteiger partial charge is 0.328 e. The van der Waals surface area contributed by atoms with Crippen LogP contribution in [-0.2, 0) is 38.4 Å². The number of amides is 4. The number of ether oxygens (including phenoxy) is 3. The Morgan fingerprint density at radius 1 is 0.812 bits per heavy atom. The number of pyridine rings is 1. The number of carboxylic acids is 2. The largest absolute Gasteiger partial charge is 0.507 e. The van der Waals surface area contributed by atoms with Gasteiger partial charge in [0, 0.05) is 31.0 Å². The molecule has 3 aromatic carbocycles. The molecule has 2 saturated heterocycles. The predicted molar refractivity (Wildman–Crippen MR) is 243 cm³/mol. The molecule has 3 atom stereocenters. The molecule has 3 unspecified atom stereocenters. The van der Waals surface area contributed by atoms with E-state index in [-0.39, 0.29) is 32.8 Å². The number of imide groups is 2. The highest BCUT2D eigenvalue weighted by Gasteiger charge is 2.36. The SMILES string of the molecule is CN(CCOc1ccc(CC2SC(=O)NC2=O)cc1)c1ccccn1.Cc1c(C)c2c(c(C)c1O)CCC(C)(COc1ccc(CC3SC(=O)NC3=O)cc1)O2.O=C(O)/C=C\C(=O)O. The number of carbonyl (C=O) groups excluding carboxylic acids is 4. The fourth-order valence-corrected chi connectivity index (χ4v) is 8.42. The van der Waals surface area contributed by atoms with Gasteiger partial charge in [0.25, 0.3) is 10.5 Å². The standard InChI is InChI=1S/C24H27NO5S.C18H19N3O3S.C4H4O4/c1-13-14(2)21-18(15(3)20(13)26)9-10-24(4,30-21)12-29-17-7-5-16(6-8-17)11-19-22(27)25-23(28)31-19;1-21(16-4-2-3-9-19-16)10-11-24-14-7-5-13(6-8-14)12-15-17(22)20-18(23)25-15;5-3(6)1-2-4(7)8/h5-8,19,26H,9-12H2,1-4H3,(H,25,27,28);2-9,15H,10-12H2,1H3,(H,20,22,23);1-2H,(H,5,6)(H,7,8)/b;;2-1-. The molecule has 4 aromatic rings. The molecule has 64 heavy (non-hydrogen) atoms. The number of phenolic OH excluding ortho intramolecular Hbond substituents is 1. The maximum Gasteiger partial charge on any atom is 0.328 e. The first kappa shape index (κ1) is 48.5. The summed E-state index contributed by atoms with van der Waals surface area (Å²) in [7, 11) is 1.97. The minimum atomic E-state index is -1.26. The van der Waals surface area contributed by atoms with Gasteiger partial charge in [0.15, 0.2) is 0 Å². The molecule has 1 aromatic heterocycles. The summed E-state index contributed by atoms with van der Waals surface area (Å²) >= 11 is 2.08. The van der Waals surface area contributed by atoms with E-state index >= 15 is 0 Å². The molecule has 5 N–H and O–H groups in total. The van der Waals surface area contributed by atoms with E-state index in [1.807, 2.05) is 106 Å². The van der Waals surface area contributed by atoms with E-state index in [1.54, 1.807) is 6.20 Å². The number of nitrogens with one attached hydrogen (secondary N) is 2. The molecule has 2 fully saturated rings. The zero-order valence-corrected chi connectivity index (χ0v) is 37.5. The molecule has 0 saturated carbocycles. The number of carbonyl (C=O) groups is 6. The molecule has 4 heterocycles. The molecule has 7 rings (SSSR count). The second-order valence-corrected chi connectivity index (χ2v) is 17.7. The highest BCUT2D eigenvalue weighted by molar-refractivity contribution is 8.15. The summed E-state index contributed by atoms with van der Waals surface area (Å²) in [6, 6.07) is 21.0. The minimum absolute atomic E-state index is 0.215. The highest BCUT2D eigenvalue weighted by Crippen LogP contribution is 2.43. The Morgan fingerprint density at radius 2 is 1.34 bits per heavy atom. The summed E-state index contributed by atoms with van der Waals surface area (Å²) in [5, 5.41) is 29.3. The van der Waals surface area contributed by atoms with E-state index in [0.717, 1.165) is 99.4 Å². The van der Waals surface area contributed by atoms with Crippen molar-refractivity contribution in [3.63, 3.8) is 0 Å². The van der Waals surface area contributed by atoms with Crippen molar-refractivity contribution in [2.75, 3.05) is 31.7 Å². The number of thioether (sulfide) groups is 2. The molecule has 0 bridgehead atoms. The van der Waals surface area contributed by atoms with Crippen LogP contribution in [0.5, 0.6) is 23.0 Å². The van der Waals surface area contributed by atoms with Crippen LogP contribution in [0.4, 0.5) is 15.4 Å². The van der Waals surface area contributed by atoms with Crippen molar-refractivity contribution in [1.29, 1.82) is 0 Å². The third-order valence-corrected chi connectivity index (χ3v) is 12.4. The Hall–Kier alpha value is -6.53. The summed E-state index contributed by atoms with van der Waals surface area (Å²) in [5.41, 5.74) is 5.31. The third kappa shape index (κ3) is 13.7. The zero-order chi connectivity index (χ0) is 46.6. The molecule has 3 aliphatic heterocycles. The zero-order valence-electron chi connectivity index (χ0n) is 35.9. The van der Waals surface area contributed by atoms with E-state index in [0.29, 0.717) is 44.0 Å². The number of aromatic hydroxyl groups is 1. The number of carboxylic acid groups (broad SMARTS) is 2. The fraction of sp³-hybridized carbons (Fsp3) is 0.326. The van der Waals surface area contributed by atoms with Crippen LogP contribution in [0.25, 0.3) is 0 Å². The van der Waals surface area contributed by atoms with Crippen LogP contribution in [0, 0.1) is 20.8 Å². The lowest BCUT2D eigenvalue weighted by molar-refractivity contribution is -0.134. The number of anilines is 1. The highest BCUT2D eigenvalue weighted by atomic mass is 32.2. The van der Waals surface area contributed by atoms with Crippen molar-refractivity contribution in [3.8, 4) is 23.0 Å². The van der Waals surface area contributed by atoms with Gasteiger partial charge in [-0.25, -0.2) is 14.6 Å². The van der Waals surface area contributed by atoms with E-state index in [9.17, 15) is 33.9 Å². The lowest BCUT2D eigenvalue weighted by Crippen LogP contribution is -2.42. The van der Waals surface area contributed by atoms with E-state index in [4.69, 9.17) is 24.4 Å². The molecule has 338 valence electrons. The number of hydrogen-bond acceptors (Lipinski definition) is 14. The van der Waals surface area contributed by atoms with Gasteiger partial charge >= 0.3 is 11.9 Å². The molecule has 16 nitrogen and oxygen atoms in total. The number of fused-ring (bicyclic) bond motifs is 1. The third-order valence-electron chi connectivity index (χ3n) is 10.5. The van der Waals surface area contributed by atoms with Gasteiger partial charge < -0.3 is 34.4 Å². The van der Waals surface area contributed by atoms with Crippen LogP contribution in [-0.4, -0.2) is 97.4 Å². The fourth-order valence-electron chi connectivity index (χ4n) is 6.70. The van der Waals surface area contributed by atoms with Crippen LogP contribution in [0.1, 0.15) is 46.7 Å². The molecule has 0 radical (unpaired) electrons. The van der Waals surface area contributed by atoms with Gasteiger partial charge in [0.05, 0.1) is 17.0 Å². The summed E-state index contributed by atoms with van der Waals surface area (Å²) < 4.78 is 18.2. The van der Waals surface area contributed by atoms with E-state index in [2.05, 4.69) is 15.6 Å². The normalized spacial score (nSPS) is 18.6. The summed E-state index contributed by atoms with van der Waals surface area (Å²) in [5.74, 6) is 0.676. The Kier molecular flexibility index (Phi) is 16.8. The maximum atomic E-state index is 11.7. The first-order valence-corrected chi connectivity index (χ1v) is 21.9. The van der Waals surface area contributed by atoms with E-state index in [1.165, 1.54) is 0 Å². The second kappa shape index (κ2) is 22.2. The van der Waals surface area contributed by atoms with Crippen LogP contribution < -0.4 is 29.7 Å². The quantitative estimate of drug-likeness (QED) is 0.0842. The number of rotatable bonds is 14. The van der Waals surface area contributed by atoms with Crippen molar-refractivity contribution in [2.24, 2.45) is 0 Å². The average Bonchev–Trinajstić information content (AvgIpc) is 3.77. The number of phenols is 1. The van der Waals surface area contributed by atoms with Crippen LogP contribution in [0.3, 0.4) is 0 Å². The number of nitrogens with zero attached hydrogens (tertiary/aromatic N) is 2. The number of aliphatic carboxylic acids is 2. The van der Waals surface area contributed by atoms with Crippen molar-refractivity contribution in [2.45, 2.75) is 69.5 Å². The predicted octanol–water partition coefficient (Wildman–Crippen LogP) is 6.58. The van der Waals surface area contributed by atoms with Crippen LogP contribution in [0.2, 0.25) is 0 Å². The first-order valence-electron chi connectivity index (χ1n) is 20.1. The van der Waals surface area contributed by atoms with Crippen molar-refractivity contribution in [3.05, 3.63) is 118 Å². The Bertz CT molecular complexity index is 2360. The van der Waals surface area contributed by atoms with Gasteiger partial charge in [-0.3, -0.25) is 29.8 Å². The van der Waals surface area contributed by atoms with Crippen LogP contribution in [0.15, 0.2) is 85.1 Å². The van der Waals surface area contributed by atoms with Gasteiger partial charge in [0.2, 0.25) is 11.8 Å². The average molecular weight is 915 g/mol. The molecule has 18 heteroatoms. The van der Waals surface area contributed by atoms with Crippen molar-refractivity contribution < 1.29 is 58.3 Å². The molecule has 0 spiro atoms. The summed E-state index contributed by atoms with van der Waals surface area (Å²) in [6.07, 6.45) is 5.54. The van der Waals surface area contributed by atoms with Gasteiger partial charge in [-0.05, 0) is 118 Å². The van der Waals surface area contributed by atoms with Gasteiger partial charge in [0.1, 0.15) is 47.6 Å². The number of benzene rings is 3. The monoisotopic (exact) mass is 914 g/mol. The molecule has 4 amide bonds. The maximum absolute atomic E-state index is 11.7. The van der Waals surface area contributed by atoms with Gasteiger partial charge in [-0.1, -0.05) is 53.9 Å². The summed E-state index contributed by atoms with van der Waals surface area (Å²) in [6.45, 7) is 9.55. The van der Waals surface area contributed by atoms with Crippen LogP contribution >= 0.6 is 23.5 Å². The second-order valence-electron chi connectivity index (χ2n) is 15.3.